The van der Waals surface area contributed by atoms with Crippen LogP contribution in [0.3, 0.4) is 0 Å². The van der Waals surface area contributed by atoms with Gasteiger partial charge in [0.2, 0.25) is 5.91 Å². The number of hydrogen-bond acceptors (Lipinski definition) is 4. The molecule has 0 spiro atoms. The Morgan fingerprint density at radius 3 is 1.93 bits per heavy atom. The van der Waals surface area contributed by atoms with Crippen LogP contribution < -0.4 is 5.32 Å². The highest BCUT2D eigenvalue weighted by Crippen LogP contribution is 2.33. The van der Waals surface area contributed by atoms with E-state index in [4.69, 9.17) is 0 Å². The highest BCUT2D eigenvalue weighted by atomic mass is 32.2. The number of anilines is 1. The molecule has 0 aliphatic heterocycles. The molecule has 1 atom stereocenters. The summed E-state index contributed by atoms with van der Waals surface area (Å²) in [7, 11) is -3.84. The van der Waals surface area contributed by atoms with Gasteiger partial charge >= 0.3 is 0 Å². The largest absolute Gasteiger partial charge is 0.326 e. The van der Waals surface area contributed by atoms with Gasteiger partial charge in [-0.1, -0.05) is 60.7 Å². The van der Waals surface area contributed by atoms with Crippen LogP contribution in [0.15, 0.2) is 89.8 Å². The van der Waals surface area contributed by atoms with Gasteiger partial charge in [0.05, 0.1) is 10.1 Å². The van der Waals surface area contributed by atoms with Crippen LogP contribution in [0.1, 0.15) is 34.5 Å². The SMILES string of the molecule is CC(=O)Nc1ccc(S(=O)(=O)C(CC(=O)c2ccccc2)c2ccccc2)cc1. The van der Waals surface area contributed by atoms with Crippen LogP contribution >= 0.6 is 0 Å². The third kappa shape index (κ3) is 4.97. The molecule has 3 rings (SSSR count). The number of Topliss-reactive ketones (excluding diaryl/α,β-unsaturated/α-hetero) is 1. The van der Waals surface area contributed by atoms with Crippen LogP contribution in [0.25, 0.3) is 0 Å². The third-order valence-electron chi connectivity index (χ3n) is 4.52. The number of amides is 1. The van der Waals surface area contributed by atoms with Gasteiger partial charge < -0.3 is 5.32 Å². The first-order valence-electron chi connectivity index (χ1n) is 9.12. The summed E-state index contributed by atoms with van der Waals surface area (Å²) < 4.78 is 26.8. The molecule has 148 valence electrons. The summed E-state index contributed by atoms with van der Waals surface area (Å²) in [6, 6.07) is 23.4. The molecule has 0 aromatic heterocycles. The predicted molar refractivity (Wildman–Crippen MR) is 113 cm³/mol. The number of ketones is 1. The molecule has 3 aromatic carbocycles. The van der Waals surface area contributed by atoms with Crippen LogP contribution in [0.4, 0.5) is 5.69 Å². The van der Waals surface area contributed by atoms with E-state index in [2.05, 4.69) is 5.32 Å². The van der Waals surface area contributed by atoms with Crippen molar-refractivity contribution in [3.05, 3.63) is 96.1 Å². The zero-order valence-electron chi connectivity index (χ0n) is 15.9. The first kappa shape index (κ1) is 20.5. The van der Waals surface area contributed by atoms with Gasteiger partial charge in [0.25, 0.3) is 0 Å². The zero-order chi connectivity index (χ0) is 20.9. The van der Waals surface area contributed by atoms with E-state index in [1.807, 2.05) is 0 Å². The average molecular weight is 407 g/mol. The summed E-state index contributed by atoms with van der Waals surface area (Å²) >= 11 is 0. The Kier molecular flexibility index (Phi) is 6.24. The minimum Gasteiger partial charge on any atom is -0.326 e. The second-order valence-corrected chi connectivity index (χ2v) is 8.77. The molecule has 0 aliphatic carbocycles. The third-order valence-corrected chi connectivity index (χ3v) is 6.63. The molecule has 3 aromatic rings. The number of rotatable bonds is 7. The monoisotopic (exact) mass is 407 g/mol. The van der Waals surface area contributed by atoms with Crippen molar-refractivity contribution in [3.8, 4) is 0 Å². The van der Waals surface area contributed by atoms with E-state index in [-0.39, 0.29) is 23.0 Å². The van der Waals surface area contributed by atoms with E-state index < -0.39 is 15.1 Å². The molecule has 29 heavy (non-hydrogen) atoms. The van der Waals surface area contributed by atoms with Crippen LogP contribution in [0.2, 0.25) is 0 Å². The Hall–Kier alpha value is -3.25. The maximum Gasteiger partial charge on any atom is 0.221 e. The maximum atomic E-state index is 13.4. The Labute approximate surface area is 170 Å². The molecule has 0 bridgehead atoms. The Morgan fingerprint density at radius 2 is 1.38 bits per heavy atom. The average Bonchev–Trinajstić information content (AvgIpc) is 2.73. The number of carbonyl (C=O) groups is 2. The van der Waals surface area contributed by atoms with Crippen molar-refractivity contribution < 1.29 is 18.0 Å². The van der Waals surface area contributed by atoms with Crippen molar-refractivity contribution in [2.45, 2.75) is 23.5 Å². The van der Waals surface area contributed by atoms with Crippen LogP contribution in [0.5, 0.6) is 0 Å². The summed E-state index contributed by atoms with van der Waals surface area (Å²) in [5, 5.41) is 1.60. The lowest BCUT2D eigenvalue weighted by atomic mass is 10.0. The molecule has 0 aliphatic rings. The number of carbonyl (C=O) groups excluding carboxylic acids is 2. The predicted octanol–water partition coefficient (Wildman–Crippen LogP) is 4.43. The second kappa shape index (κ2) is 8.84. The van der Waals surface area contributed by atoms with Crippen molar-refractivity contribution >= 4 is 27.2 Å². The van der Waals surface area contributed by atoms with Crippen molar-refractivity contribution in [1.82, 2.24) is 0 Å². The fourth-order valence-corrected chi connectivity index (χ4v) is 4.81. The standard InChI is InChI=1S/C23H21NO4S/c1-17(25)24-20-12-14-21(15-13-20)29(27,28)23(19-10-6-3-7-11-19)16-22(26)18-8-4-2-5-9-18/h2-15,23H,16H2,1H3,(H,24,25). The number of sulfone groups is 1. The number of benzene rings is 3. The number of nitrogens with one attached hydrogen (secondary N) is 1. The molecule has 5 nitrogen and oxygen atoms in total. The summed E-state index contributed by atoms with van der Waals surface area (Å²) in [6.07, 6.45) is -0.163. The molecule has 6 heteroatoms. The van der Waals surface area contributed by atoms with Crippen LogP contribution in [-0.4, -0.2) is 20.1 Å². The number of hydrogen-bond donors (Lipinski definition) is 1. The molecule has 1 amide bonds. The molecule has 0 saturated carbocycles. The van der Waals surface area contributed by atoms with Gasteiger partial charge in [-0.05, 0) is 29.8 Å². The summed E-state index contributed by atoms with van der Waals surface area (Å²) in [5.74, 6) is -0.478. The van der Waals surface area contributed by atoms with Gasteiger partial charge in [0.1, 0.15) is 0 Å². The van der Waals surface area contributed by atoms with Gasteiger partial charge in [0.15, 0.2) is 15.6 Å². The zero-order valence-corrected chi connectivity index (χ0v) is 16.7. The molecule has 1 unspecified atom stereocenters. The maximum absolute atomic E-state index is 13.4. The van der Waals surface area contributed by atoms with Crippen molar-refractivity contribution in [2.24, 2.45) is 0 Å². The van der Waals surface area contributed by atoms with Crippen LogP contribution in [-0.2, 0) is 14.6 Å². The first-order chi connectivity index (χ1) is 13.9. The Balaban J connectivity index is 1.96. The van der Waals surface area contributed by atoms with Gasteiger partial charge in [-0.25, -0.2) is 8.42 Å². The summed E-state index contributed by atoms with van der Waals surface area (Å²) in [4.78, 5) is 24.0. The van der Waals surface area contributed by atoms with Gasteiger partial charge in [-0.3, -0.25) is 9.59 Å². The van der Waals surface area contributed by atoms with Gasteiger partial charge in [-0.15, -0.1) is 0 Å². The first-order valence-corrected chi connectivity index (χ1v) is 10.7. The lowest BCUT2D eigenvalue weighted by Crippen LogP contribution is -2.18. The molecular weight excluding hydrogens is 386 g/mol. The molecular formula is C23H21NO4S. The minimum atomic E-state index is -3.84. The van der Waals surface area contributed by atoms with Crippen molar-refractivity contribution in [2.75, 3.05) is 5.32 Å². The summed E-state index contributed by atoms with van der Waals surface area (Å²) in [5.41, 5.74) is 1.54. The van der Waals surface area contributed by atoms with E-state index in [0.29, 0.717) is 16.8 Å². The van der Waals surface area contributed by atoms with E-state index in [9.17, 15) is 18.0 Å². The van der Waals surface area contributed by atoms with E-state index >= 15 is 0 Å². The normalized spacial score (nSPS) is 12.2. The smallest absolute Gasteiger partial charge is 0.221 e. The summed E-state index contributed by atoms with van der Waals surface area (Å²) in [6.45, 7) is 1.38. The van der Waals surface area contributed by atoms with Gasteiger partial charge in [-0.2, -0.15) is 0 Å². The van der Waals surface area contributed by atoms with E-state index in [1.165, 1.54) is 31.2 Å². The molecule has 0 fully saturated rings. The lowest BCUT2D eigenvalue weighted by molar-refractivity contribution is -0.114. The van der Waals surface area contributed by atoms with Crippen molar-refractivity contribution in [3.63, 3.8) is 0 Å². The molecule has 1 N–H and O–H groups in total. The van der Waals surface area contributed by atoms with Crippen molar-refractivity contribution in [1.29, 1.82) is 0 Å². The fourth-order valence-electron chi connectivity index (χ4n) is 3.08. The highest BCUT2D eigenvalue weighted by molar-refractivity contribution is 7.91. The Morgan fingerprint density at radius 1 is 0.828 bits per heavy atom. The topological polar surface area (TPSA) is 80.3 Å². The Bertz CT molecular complexity index is 1090. The van der Waals surface area contributed by atoms with E-state index in [0.717, 1.165) is 0 Å². The van der Waals surface area contributed by atoms with Crippen LogP contribution in [0, 0.1) is 0 Å². The minimum absolute atomic E-state index is 0.0984. The lowest BCUT2D eigenvalue weighted by Gasteiger charge is -2.18. The second-order valence-electron chi connectivity index (χ2n) is 6.64. The van der Waals surface area contributed by atoms with Gasteiger partial charge in [0, 0.05) is 24.6 Å². The molecule has 0 saturated heterocycles. The molecule has 0 radical (unpaired) electrons. The highest BCUT2D eigenvalue weighted by Gasteiger charge is 2.31. The molecule has 0 heterocycles. The quantitative estimate of drug-likeness (QED) is 0.588. The van der Waals surface area contributed by atoms with E-state index in [1.54, 1.807) is 60.7 Å². The fraction of sp³-hybridized carbons (Fsp3) is 0.130.